The molecule has 1 heterocycles. The van der Waals surface area contributed by atoms with Crippen molar-refractivity contribution in [3.63, 3.8) is 0 Å². The smallest absolute Gasteiger partial charge is 0.207 e. The molecule has 2 rings (SSSR count). The van der Waals surface area contributed by atoms with Gasteiger partial charge >= 0.3 is 0 Å². The molecule has 0 spiro atoms. The highest BCUT2D eigenvalue weighted by Crippen LogP contribution is 2.35. The Morgan fingerprint density at radius 2 is 1.25 bits per heavy atom. The standard InChI is InChI=1S/C8H4F2O2/c9-5-1-2-6(10)8-7(5)11-3-4-12-8/h1-4H. The summed E-state index contributed by atoms with van der Waals surface area (Å²) in [6.07, 6.45) is 2.29. The maximum absolute atomic E-state index is 12.8. The molecule has 0 bridgehead atoms. The highest BCUT2D eigenvalue weighted by atomic mass is 19.1. The number of fused-ring (bicyclic) bond motifs is 1. The van der Waals surface area contributed by atoms with Crippen LogP contribution in [0.4, 0.5) is 8.78 Å². The van der Waals surface area contributed by atoms with E-state index in [0.29, 0.717) is 0 Å². The Morgan fingerprint density at radius 3 is 1.67 bits per heavy atom. The quantitative estimate of drug-likeness (QED) is 0.594. The van der Waals surface area contributed by atoms with Crippen LogP contribution in [0.3, 0.4) is 0 Å². The van der Waals surface area contributed by atoms with E-state index < -0.39 is 11.6 Å². The lowest BCUT2D eigenvalue weighted by molar-refractivity contribution is 0.328. The van der Waals surface area contributed by atoms with Crippen LogP contribution in [-0.2, 0) is 0 Å². The van der Waals surface area contributed by atoms with Crippen LogP contribution >= 0.6 is 0 Å². The Morgan fingerprint density at radius 1 is 0.833 bits per heavy atom. The van der Waals surface area contributed by atoms with Crippen molar-refractivity contribution in [2.75, 3.05) is 0 Å². The summed E-state index contributed by atoms with van der Waals surface area (Å²) < 4.78 is 35.1. The van der Waals surface area contributed by atoms with Gasteiger partial charge in [-0.15, -0.1) is 0 Å². The molecule has 0 N–H and O–H groups in total. The van der Waals surface area contributed by atoms with Gasteiger partial charge < -0.3 is 9.47 Å². The fraction of sp³-hybridized carbons (Fsp3) is 0. The van der Waals surface area contributed by atoms with Gasteiger partial charge in [-0.2, -0.15) is 0 Å². The van der Waals surface area contributed by atoms with Crippen LogP contribution in [0.2, 0.25) is 0 Å². The van der Waals surface area contributed by atoms with Crippen LogP contribution in [0, 0.1) is 11.6 Å². The summed E-state index contributed by atoms with van der Waals surface area (Å²) in [4.78, 5) is 0. The Bertz CT molecular complexity index is 314. The topological polar surface area (TPSA) is 18.5 Å². The highest BCUT2D eigenvalue weighted by Gasteiger charge is 2.18. The van der Waals surface area contributed by atoms with Gasteiger partial charge in [0.15, 0.2) is 11.6 Å². The second-order valence-corrected chi connectivity index (χ2v) is 2.20. The first-order valence-corrected chi connectivity index (χ1v) is 3.25. The third-order valence-corrected chi connectivity index (χ3v) is 1.44. The predicted octanol–water partition coefficient (Wildman–Crippen LogP) is 2.21. The van der Waals surface area contributed by atoms with Crippen molar-refractivity contribution in [1.82, 2.24) is 0 Å². The lowest BCUT2D eigenvalue weighted by atomic mass is 10.3. The zero-order valence-electron chi connectivity index (χ0n) is 5.88. The summed E-state index contributed by atoms with van der Waals surface area (Å²) >= 11 is 0. The van der Waals surface area contributed by atoms with Crippen LogP contribution in [0.25, 0.3) is 0 Å². The van der Waals surface area contributed by atoms with Crippen molar-refractivity contribution in [2.45, 2.75) is 0 Å². The third kappa shape index (κ3) is 0.922. The molecule has 0 saturated carbocycles. The first kappa shape index (κ1) is 7.09. The second kappa shape index (κ2) is 2.48. The van der Waals surface area contributed by atoms with Gasteiger partial charge in [0.2, 0.25) is 11.5 Å². The van der Waals surface area contributed by atoms with Crippen LogP contribution in [0.15, 0.2) is 24.7 Å². The first-order valence-electron chi connectivity index (χ1n) is 3.25. The Labute approximate surface area is 67.0 Å². The van der Waals surface area contributed by atoms with Crippen LogP contribution in [-0.4, -0.2) is 0 Å². The van der Waals surface area contributed by atoms with Crippen LogP contribution in [0.1, 0.15) is 0 Å². The molecule has 0 fully saturated rings. The minimum atomic E-state index is -0.643. The minimum Gasteiger partial charge on any atom is -0.455 e. The summed E-state index contributed by atoms with van der Waals surface area (Å²) in [7, 11) is 0. The van der Waals surface area contributed by atoms with E-state index in [1.54, 1.807) is 0 Å². The molecular formula is C8H4F2O2. The van der Waals surface area contributed by atoms with E-state index in [4.69, 9.17) is 9.47 Å². The van der Waals surface area contributed by atoms with Gasteiger partial charge in [0, 0.05) is 0 Å². The van der Waals surface area contributed by atoms with E-state index in [2.05, 4.69) is 0 Å². The lowest BCUT2D eigenvalue weighted by Crippen LogP contribution is -2.00. The van der Waals surface area contributed by atoms with E-state index in [1.165, 1.54) is 0 Å². The van der Waals surface area contributed by atoms with Crippen molar-refractivity contribution < 1.29 is 18.3 Å². The molecule has 1 aromatic rings. The molecule has 1 aromatic carbocycles. The summed E-state index contributed by atoms with van der Waals surface area (Å²) in [6.45, 7) is 0. The number of rotatable bonds is 0. The van der Waals surface area contributed by atoms with E-state index in [9.17, 15) is 8.78 Å². The van der Waals surface area contributed by atoms with E-state index in [-0.39, 0.29) is 11.5 Å². The molecule has 0 unspecified atom stereocenters. The molecule has 2 nitrogen and oxygen atoms in total. The molecule has 62 valence electrons. The van der Waals surface area contributed by atoms with Gasteiger partial charge in [0.1, 0.15) is 12.5 Å². The molecule has 1 aliphatic heterocycles. The van der Waals surface area contributed by atoms with Crippen LogP contribution < -0.4 is 9.47 Å². The first-order chi connectivity index (χ1) is 5.79. The zero-order valence-corrected chi connectivity index (χ0v) is 5.88. The minimum absolute atomic E-state index is 0.211. The van der Waals surface area contributed by atoms with E-state index in [0.717, 1.165) is 24.7 Å². The van der Waals surface area contributed by atoms with Crippen molar-refractivity contribution in [2.24, 2.45) is 0 Å². The van der Waals surface area contributed by atoms with Crippen molar-refractivity contribution >= 4 is 0 Å². The fourth-order valence-electron chi connectivity index (χ4n) is 0.926. The van der Waals surface area contributed by atoms with Gasteiger partial charge in [-0.1, -0.05) is 0 Å². The molecule has 12 heavy (non-hydrogen) atoms. The molecule has 1 aliphatic rings. The molecule has 0 saturated heterocycles. The van der Waals surface area contributed by atoms with E-state index in [1.807, 2.05) is 0 Å². The molecule has 0 amide bonds. The fourth-order valence-corrected chi connectivity index (χ4v) is 0.926. The largest absolute Gasteiger partial charge is 0.455 e. The van der Waals surface area contributed by atoms with Crippen molar-refractivity contribution in [3.05, 3.63) is 36.3 Å². The van der Waals surface area contributed by atoms with Crippen molar-refractivity contribution in [3.8, 4) is 11.5 Å². The Kier molecular flexibility index (Phi) is 1.46. The number of halogens is 2. The van der Waals surface area contributed by atoms with Gasteiger partial charge in [-0.05, 0) is 12.1 Å². The molecule has 0 atom stereocenters. The lowest BCUT2D eigenvalue weighted by Gasteiger charge is -2.12. The Balaban J connectivity index is 2.61. The summed E-state index contributed by atoms with van der Waals surface area (Å²) in [5, 5.41) is 0. The molecule has 0 aliphatic carbocycles. The Hall–Kier alpha value is -1.58. The average Bonchev–Trinajstić information content (AvgIpc) is 2.12. The molecular weight excluding hydrogens is 166 g/mol. The van der Waals surface area contributed by atoms with Gasteiger partial charge in [0.05, 0.1) is 0 Å². The number of hydrogen-bond donors (Lipinski definition) is 0. The normalized spacial score (nSPS) is 13.2. The summed E-state index contributed by atoms with van der Waals surface area (Å²) in [6, 6.07) is 1.97. The maximum atomic E-state index is 12.8. The highest BCUT2D eigenvalue weighted by molar-refractivity contribution is 5.44. The third-order valence-electron chi connectivity index (χ3n) is 1.44. The average molecular weight is 170 g/mol. The zero-order chi connectivity index (χ0) is 8.55. The molecule has 4 heteroatoms. The summed E-state index contributed by atoms with van der Waals surface area (Å²) in [5.41, 5.74) is 0. The van der Waals surface area contributed by atoms with Gasteiger partial charge in [-0.25, -0.2) is 8.78 Å². The predicted molar refractivity (Wildman–Crippen MR) is 36.8 cm³/mol. The number of benzene rings is 1. The number of ether oxygens (including phenoxy) is 2. The SMILES string of the molecule is Fc1ccc(F)c2c1OC=CO2. The monoisotopic (exact) mass is 170 g/mol. The van der Waals surface area contributed by atoms with Crippen molar-refractivity contribution in [1.29, 1.82) is 0 Å². The van der Waals surface area contributed by atoms with Gasteiger partial charge in [-0.3, -0.25) is 0 Å². The molecule has 0 aromatic heterocycles. The second-order valence-electron chi connectivity index (χ2n) is 2.20. The van der Waals surface area contributed by atoms with E-state index >= 15 is 0 Å². The van der Waals surface area contributed by atoms with Crippen LogP contribution in [0.5, 0.6) is 11.5 Å². The van der Waals surface area contributed by atoms with Gasteiger partial charge in [0.25, 0.3) is 0 Å². The summed E-state index contributed by atoms with van der Waals surface area (Å²) in [5.74, 6) is -1.71. The molecule has 0 radical (unpaired) electrons. The maximum Gasteiger partial charge on any atom is 0.207 e. The number of hydrogen-bond acceptors (Lipinski definition) is 2.